The Bertz CT molecular complexity index is 572. The monoisotopic (exact) mass is 253 g/mol. The molecule has 0 atom stereocenters. The molecular weight excluding hydrogens is 242 g/mol. The van der Waals surface area contributed by atoms with E-state index in [4.69, 9.17) is 16.3 Å². The number of hydrogen-bond donors (Lipinski definition) is 0. The number of rotatable bonds is 1. The quantitative estimate of drug-likeness (QED) is 0.732. The highest BCUT2D eigenvalue weighted by molar-refractivity contribution is 6.29. The minimum atomic E-state index is -0.559. The number of carbonyl (C=O) groups excluding carboxylic acids is 1. The van der Waals surface area contributed by atoms with Gasteiger partial charge in [0.25, 0.3) is 0 Å². The molecule has 0 amide bonds. The Kier molecular flexibility index (Phi) is 2.79. The molecule has 0 aliphatic heterocycles. The maximum absolute atomic E-state index is 12.0. The number of aromatic nitrogens is 3. The second-order valence-corrected chi connectivity index (χ2v) is 4.97. The van der Waals surface area contributed by atoms with Gasteiger partial charge in [0.15, 0.2) is 10.8 Å². The highest BCUT2D eigenvalue weighted by Crippen LogP contribution is 2.17. The summed E-state index contributed by atoms with van der Waals surface area (Å²) in [5.41, 5.74) is 0.185. The molecule has 0 aliphatic rings. The van der Waals surface area contributed by atoms with Crippen LogP contribution in [0.3, 0.4) is 0 Å². The van der Waals surface area contributed by atoms with E-state index in [9.17, 15) is 4.79 Å². The first-order valence-electron chi connectivity index (χ1n) is 5.10. The van der Waals surface area contributed by atoms with Crippen LogP contribution in [0.15, 0.2) is 18.5 Å². The van der Waals surface area contributed by atoms with Crippen LogP contribution in [0.2, 0.25) is 5.15 Å². The summed E-state index contributed by atoms with van der Waals surface area (Å²) in [4.78, 5) is 16.0. The van der Waals surface area contributed by atoms with Crippen LogP contribution in [0, 0.1) is 0 Å². The summed E-state index contributed by atoms with van der Waals surface area (Å²) in [6.45, 7) is 5.41. The zero-order valence-corrected chi connectivity index (χ0v) is 10.5. The third kappa shape index (κ3) is 2.55. The lowest BCUT2D eigenvalue weighted by Gasteiger charge is -2.19. The van der Waals surface area contributed by atoms with E-state index in [2.05, 4.69) is 10.1 Å². The minimum absolute atomic E-state index is 0.219. The van der Waals surface area contributed by atoms with E-state index in [0.717, 1.165) is 0 Å². The number of carbonyl (C=O) groups is 1. The summed E-state index contributed by atoms with van der Waals surface area (Å²) < 4.78 is 6.72. The molecular formula is C11H12ClN3O2. The lowest BCUT2D eigenvalue weighted by molar-refractivity contribution is 0.00709. The summed E-state index contributed by atoms with van der Waals surface area (Å²) >= 11 is 5.83. The fraction of sp³-hybridized carbons (Fsp3) is 0.364. The van der Waals surface area contributed by atoms with Gasteiger partial charge in [-0.2, -0.15) is 5.10 Å². The van der Waals surface area contributed by atoms with Crippen LogP contribution >= 0.6 is 11.6 Å². The van der Waals surface area contributed by atoms with Gasteiger partial charge >= 0.3 is 5.97 Å². The summed E-state index contributed by atoms with van der Waals surface area (Å²) in [7, 11) is 0. The predicted octanol–water partition coefficient (Wildman–Crippen LogP) is 2.34. The molecule has 0 fully saturated rings. The predicted molar refractivity (Wildman–Crippen MR) is 63.2 cm³/mol. The van der Waals surface area contributed by atoms with E-state index in [1.54, 1.807) is 33.2 Å². The average molecular weight is 254 g/mol. The van der Waals surface area contributed by atoms with Crippen molar-refractivity contribution < 1.29 is 9.53 Å². The zero-order chi connectivity index (χ0) is 12.6. The molecule has 2 aromatic heterocycles. The first-order valence-corrected chi connectivity index (χ1v) is 5.48. The molecule has 0 radical (unpaired) electrons. The van der Waals surface area contributed by atoms with Gasteiger partial charge in [-0.3, -0.25) is 0 Å². The normalized spacial score (nSPS) is 11.8. The second kappa shape index (κ2) is 4.00. The van der Waals surface area contributed by atoms with Crippen LogP contribution in [-0.4, -0.2) is 26.2 Å². The molecule has 2 aromatic rings. The number of imidazole rings is 1. The van der Waals surface area contributed by atoms with Gasteiger partial charge < -0.3 is 4.74 Å². The number of halogens is 1. The molecule has 0 aromatic carbocycles. The van der Waals surface area contributed by atoms with Crippen molar-refractivity contribution in [3.63, 3.8) is 0 Å². The Hall–Kier alpha value is -1.62. The lowest BCUT2D eigenvalue weighted by Crippen LogP contribution is -2.24. The van der Waals surface area contributed by atoms with Gasteiger partial charge in [-0.1, -0.05) is 11.6 Å². The topological polar surface area (TPSA) is 56.5 Å². The molecule has 0 aliphatic carbocycles. The molecule has 0 spiro atoms. The molecule has 0 bridgehead atoms. The standard InChI is InChI=1S/C11H12ClN3O2/c1-11(2,3)17-10(16)7-6-8(12)14-15-5-4-13-9(7)15/h4-6H,1-3H3. The van der Waals surface area contributed by atoms with Crippen molar-refractivity contribution >= 4 is 23.2 Å². The van der Waals surface area contributed by atoms with Crippen molar-refractivity contribution in [1.82, 2.24) is 14.6 Å². The van der Waals surface area contributed by atoms with Crippen LogP contribution in [-0.2, 0) is 4.74 Å². The fourth-order valence-corrected chi connectivity index (χ4v) is 1.56. The Morgan fingerprint density at radius 3 is 2.82 bits per heavy atom. The molecule has 90 valence electrons. The second-order valence-electron chi connectivity index (χ2n) is 4.58. The van der Waals surface area contributed by atoms with Crippen LogP contribution in [0.5, 0.6) is 0 Å². The first-order chi connectivity index (χ1) is 7.87. The SMILES string of the molecule is CC(C)(C)OC(=O)c1cc(Cl)nn2ccnc12. The maximum atomic E-state index is 12.0. The molecule has 2 rings (SSSR count). The van der Waals surface area contributed by atoms with Crippen LogP contribution in [0.25, 0.3) is 5.65 Å². The van der Waals surface area contributed by atoms with Gasteiger partial charge in [-0.15, -0.1) is 0 Å². The minimum Gasteiger partial charge on any atom is -0.456 e. The lowest BCUT2D eigenvalue weighted by atomic mass is 10.2. The van der Waals surface area contributed by atoms with Gasteiger partial charge in [-0.05, 0) is 26.8 Å². The Morgan fingerprint density at radius 1 is 1.47 bits per heavy atom. The van der Waals surface area contributed by atoms with Gasteiger partial charge in [-0.25, -0.2) is 14.3 Å². The van der Waals surface area contributed by atoms with Gasteiger partial charge in [0.1, 0.15) is 11.2 Å². The number of fused-ring (bicyclic) bond motifs is 1. The number of nitrogens with zero attached hydrogens (tertiary/aromatic N) is 3. The van der Waals surface area contributed by atoms with Crippen molar-refractivity contribution in [3.05, 3.63) is 29.2 Å². The third-order valence-electron chi connectivity index (χ3n) is 1.95. The summed E-state index contributed by atoms with van der Waals surface area (Å²) in [5.74, 6) is -0.460. The number of esters is 1. The van der Waals surface area contributed by atoms with Crippen molar-refractivity contribution in [3.8, 4) is 0 Å². The Morgan fingerprint density at radius 2 is 2.18 bits per heavy atom. The molecule has 0 saturated carbocycles. The van der Waals surface area contributed by atoms with Crippen molar-refractivity contribution in [2.24, 2.45) is 0 Å². The first kappa shape index (κ1) is 11.9. The zero-order valence-electron chi connectivity index (χ0n) is 9.77. The van der Waals surface area contributed by atoms with Crippen molar-refractivity contribution in [1.29, 1.82) is 0 Å². The summed E-state index contributed by atoms with van der Waals surface area (Å²) in [5, 5.41) is 4.21. The molecule has 2 heterocycles. The van der Waals surface area contributed by atoms with E-state index in [-0.39, 0.29) is 5.15 Å². The van der Waals surface area contributed by atoms with E-state index in [0.29, 0.717) is 11.2 Å². The molecule has 5 nitrogen and oxygen atoms in total. The van der Waals surface area contributed by atoms with Gasteiger partial charge in [0, 0.05) is 12.4 Å². The average Bonchev–Trinajstić information content (AvgIpc) is 2.60. The molecule has 6 heteroatoms. The van der Waals surface area contributed by atoms with E-state index < -0.39 is 11.6 Å². The smallest absolute Gasteiger partial charge is 0.342 e. The van der Waals surface area contributed by atoms with E-state index in [1.807, 2.05) is 0 Å². The van der Waals surface area contributed by atoms with E-state index in [1.165, 1.54) is 10.6 Å². The maximum Gasteiger partial charge on any atom is 0.342 e. The molecule has 0 saturated heterocycles. The molecule has 0 N–H and O–H groups in total. The number of hydrogen-bond acceptors (Lipinski definition) is 4. The van der Waals surface area contributed by atoms with Crippen LogP contribution in [0.1, 0.15) is 31.1 Å². The largest absolute Gasteiger partial charge is 0.456 e. The van der Waals surface area contributed by atoms with Crippen molar-refractivity contribution in [2.45, 2.75) is 26.4 Å². The van der Waals surface area contributed by atoms with Crippen LogP contribution < -0.4 is 0 Å². The fourth-order valence-electron chi connectivity index (χ4n) is 1.37. The van der Waals surface area contributed by atoms with Gasteiger partial charge in [0.2, 0.25) is 0 Å². The van der Waals surface area contributed by atoms with Crippen molar-refractivity contribution in [2.75, 3.05) is 0 Å². The summed E-state index contributed by atoms with van der Waals surface area (Å²) in [6.07, 6.45) is 3.17. The van der Waals surface area contributed by atoms with Gasteiger partial charge in [0.05, 0.1) is 0 Å². The Labute approximate surface area is 103 Å². The number of ether oxygens (including phenoxy) is 1. The molecule has 0 unspecified atom stereocenters. The summed E-state index contributed by atoms with van der Waals surface area (Å²) in [6, 6.07) is 1.46. The van der Waals surface area contributed by atoms with E-state index >= 15 is 0 Å². The highest BCUT2D eigenvalue weighted by Gasteiger charge is 2.21. The Balaban J connectivity index is 2.47. The molecule has 17 heavy (non-hydrogen) atoms. The third-order valence-corrected chi connectivity index (χ3v) is 2.13. The highest BCUT2D eigenvalue weighted by atomic mass is 35.5. The van der Waals surface area contributed by atoms with Crippen LogP contribution in [0.4, 0.5) is 0 Å².